The highest BCUT2D eigenvalue weighted by molar-refractivity contribution is 5.94. The maximum Gasteiger partial charge on any atom is 0.269 e. The first-order valence-corrected chi connectivity index (χ1v) is 6.32. The third-order valence-corrected chi connectivity index (χ3v) is 3.42. The molecule has 0 aliphatic carbocycles. The second kappa shape index (κ2) is 5.79. The van der Waals surface area contributed by atoms with Gasteiger partial charge in [0.25, 0.3) is 5.69 Å². The van der Waals surface area contributed by atoms with E-state index in [0.29, 0.717) is 12.2 Å². The van der Waals surface area contributed by atoms with Gasteiger partial charge in [0.05, 0.1) is 10.8 Å². The molecule has 0 spiro atoms. The molecule has 102 valence electrons. The maximum atomic E-state index is 12.3. The van der Waals surface area contributed by atoms with E-state index < -0.39 is 4.92 Å². The summed E-state index contributed by atoms with van der Waals surface area (Å²) in [6.45, 7) is 1.67. The number of amides is 1. The van der Waals surface area contributed by atoms with Gasteiger partial charge in [0, 0.05) is 31.4 Å². The Morgan fingerprint density at radius 2 is 2.11 bits per heavy atom. The first-order chi connectivity index (χ1) is 9.09. The lowest BCUT2D eigenvalue weighted by Crippen LogP contribution is -2.41. The Labute approximate surface area is 111 Å². The molecule has 2 rings (SSSR count). The predicted octanol–water partition coefficient (Wildman–Crippen LogP) is 1.56. The molecule has 1 aliphatic rings. The average molecular weight is 263 g/mol. The number of hydrogen-bond acceptors (Lipinski definition) is 4. The van der Waals surface area contributed by atoms with E-state index in [1.54, 1.807) is 24.1 Å². The number of non-ortho nitro benzene ring substituents is 1. The molecule has 1 heterocycles. The number of benzene rings is 1. The topological polar surface area (TPSA) is 75.5 Å². The van der Waals surface area contributed by atoms with Crippen LogP contribution in [0, 0.1) is 16.0 Å². The van der Waals surface area contributed by atoms with Gasteiger partial charge in [-0.3, -0.25) is 14.9 Å². The van der Waals surface area contributed by atoms with Crippen LogP contribution in [0.2, 0.25) is 0 Å². The summed E-state index contributed by atoms with van der Waals surface area (Å²) in [6.07, 6.45) is 1.90. The smallest absolute Gasteiger partial charge is 0.269 e. The van der Waals surface area contributed by atoms with Gasteiger partial charge in [0.1, 0.15) is 0 Å². The predicted molar refractivity (Wildman–Crippen MR) is 72.1 cm³/mol. The summed E-state index contributed by atoms with van der Waals surface area (Å²) in [7, 11) is 1.71. The molecule has 6 heteroatoms. The third kappa shape index (κ3) is 3.08. The molecule has 1 atom stereocenters. The van der Waals surface area contributed by atoms with E-state index in [2.05, 4.69) is 5.32 Å². The zero-order chi connectivity index (χ0) is 13.8. The van der Waals surface area contributed by atoms with E-state index in [-0.39, 0.29) is 17.5 Å². The molecule has 0 saturated carbocycles. The van der Waals surface area contributed by atoms with Gasteiger partial charge in [0.2, 0.25) is 5.91 Å². The molecule has 1 aromatic carbocycles. The zero-order valence-electron chi connectivity index (χ0n) is 10.8. The van der Waals surface area contributed by atoms with Crippen molar-refractivity contribution in [2.24, 2.45) is 5.92 Å². The normalized spacial score (nSPS) is 18.9. The lowest BCUT2D eigenvalue weighted by Gasteiger charge is -2.27. The number of hydrogen-bond donors (Lipinski definition) is 1. The number of carbonyl (C=O) groups excluding carboxylic acids is 1. The molecule has 1 aromatic rings. The second-order valence-electron chi connectivity index (χ2n) is 4.71. The minimum absolute atomic E-state index is 0.00561. The molecule has 1 saturated heterocycles. The fraction of sp³-hybridized carbons (Fsp3) is 0.462. The van der Waals surface area contributed by atoms with Crippen molar-refractivity contribution < 1.29 is 9.72 Å². The average Bonchev–Trinajstić information content (AvgIpc) is 2.46. The fourth-order valence-corrected chi connectivity index (χ4v) is 2.26. The van der Waals surface area contributed by atoms with E-state index in [9.17, 15) is 14.9 Å². The van der Waals surface area contributed by atoms with Crippen molar-refractivity contribution in [3.8, 4) is 0 Å². The van der Waals surface area contributed by atoms with Gasteiger partial charge in [-0.2, -0.15) is 0 Å². The van der Waals surface area contributed by atoms with Crippen LogP contribution in [0.1, 0.15) is 12.8 Å². The van der Waals surface area contributed by atoms with Gasteiger partial charge in [-0.05, 0) is 31.5 Å². The number of anilines is 1. The van der Waals surface area contributed by atoms with Crippen LogP contribution in [0.3, 0.4) is 0 Å². The lowest BCUT2D eigenvalue weighted by atomic mass is 9.98. The van der Waals surface area contributed by atoms with Crippen LogP contribution in [0.4, 0.5) is 11.4 Å². The SMILES string of the molecule is CN(C(=O)[C@H]1CCCNC1)c1ccc([N+](=O)[O-])cc1. The summed E-state index contributed by atoms with van der Waals surface area (Å²) in [5.74, 6) is 0.0509. The highest BCUT2D eigenvalue weighted by Gasteiger charge is 2.24. The number of nitrogens with zero attached hydrogens (tertiary/aromatic N) is 2. The molecule has 6 nitrogen and oxygen atoms in total. The van der Waals surface area contributed by atoms with Gasteiger partial charge in [-0.15, -0.1) is 0 Å². The molecule has 19 heavy (non-hydrogen) atoms. The summed E-state index contributed by atoms with van der Waals surface area (Å²) in [5, 5.41) is 13.8. The molecule has 1 N–H and O–H groups in total. The van der Waals surface area contributed by atoms with E-state index in [1.807, 2.05) is 0 Å². The Bertz CT molecular complexity index is 467. The van der Waals surface area contributed by atoms with Crippen molar-refractivity contribution >= 4 is 17.3 Å². The Balaban J connectivity index is 2.07. The molecule has 0 aromatic heterocycles. The molecular weight excluding hydrogens is 246 g/mol. The van der Waals surface area contributed by atoms with Crippen molar-refractivity contribution in [2.45, 2.75) is 12.8 Å². The van der Waals surface area contributed by atoms with Gasteiger partial charge in [-0.1, -0.05) is 0 Å². The lowest BCUT2D eigenvalue weighted by molar-refractivity contribution is -0.384. The summed E-state index contributed by atoms with van der Waals surface area (Å²) in [6, 6.07) is 6.04. The number of piperidine rings is 1. The van der Waals surface area contributed by atoms with Crippen LogP contribution in [0.15, 0.2) is 24.3 Å². The summed E-state index contributed by atoms with van der Waals surface area (Å²) < 4.78 is 0. The highest BCUT2D eigenvalue weighted by atomic mass is 16.6. The fourth-order valence-electron chi connectivity index (χ4n) is 2.26. The first kappa shape index (κ1) is 13.5. The van der Waals surface area contributed by atoms with E-state index in [1.165, 1.54) is 12.1 Å². The van der Waals surface area contributed by atoms with Crippen LogP contribution in [-0.4, -0.2) is 31.0 Å². The minimum atomic E-state index is -0.448. The zero-order valence-corrected chi connectivity index (χ0v) is 10.8. The van der Waals surface area contributed by atoms with Crippen molar-refractivity contribution in [1.29, 1.82) is 0 Å². The molecule has 1 aliphatic heterocycles. The number of nitro benzene ring substituents is 1. The maximum absolute atomic E-state index is 12.3. The van der Waals surface area contributed by atoms with Gasteiger partial charge >= 0.3 is 0 Å². The monoisotopic (exact) mass is 263 g/mol. The minimum Gasteiger partial charge on any atom is -0.316 e. The molecule has 1 amide bonds. The van der Waals surface area contributed by atoms with Crippen LogP contribution in [0.25, 0.3) is 0 Å². The number of rotatable bonds is 3. The van der Waals surface area contributed by atoms with Gasteiger partial charge in [-0.25, -0.2) is 0 Å². The Morgan fingerprint density at radius 3 is 2.63 bits per heavy atom. The van der Waals surface area contributed by atoms with Crippen molar-refractivity contribution in [2.75, 3.05) is 25.0 Å². The van der Waals surface area contributed by atoms with Crippen LogP contribution in [-0.2, 0) is 4.79 Å². The van der Waals surface area contributed by atoms with E-state index in [0.717, 1.165) is 19.4 Å². The van der Waals surface area contributed by atoms with Gasteiger partial charge < -0.3 is 10.2 Å². The number of carbonyl (C=O) groups is 1. The standard InChI is InChI=1S/C13H17N3O3/c1-15(13(17)10-3-2-8-14-9-10)11-4-6-12(7-5-11)16(18)19/h4-7,10,14H,2-3,8-9H2,1H3/t10-/m0/s1. The summed E-state index contributed by atoms with van der Waals surface area (Å²) >= 11 is 0. The molecule has 1 fully saturated rings. The van der Waals surface area contributed by atoms with Crippen molar-refractivity contribution in [3.05, 3.63) is 34.4 Å². The Morgan fingerprint density at radius 1 is 1.42 bits per heavy atom. The summed E-state index contributed by atoms with van der Waals surface area (Å²) in [4.78, 5) is 24.0. The van der Waals surface area contributed by atoms with Crippen LogP contribution in [0.5, 0.6) is 0 Å². The van der Waals surface area contributed by atoms with Crippen molar-refractivity contribution in [1.82, 2.24) is 5.32 Å². The molecule has 0 radical (unpaired) electrons. The molecular formula is C13H17N3O3. The quantitative estimate of drug-likeness (QED) is 0.663. The number of nitro groups is 1. The third-order valence-electron chi connectivity index (χ3n) is 3.42. The second-order valence-corrected chi connectivity index (χ2v) is 4.71. The molecule has 0 bridgehead atoms. The van der Waals surface area contributed by atoms with Crippen LogP contribution < -0.4 is 10.2 Å². The van der Waals surface area contributed by atoms with E-state index in [4.69, 9.17) is 0 Å². The Hall–Kier alpha value is -1.95. The first-order valence-electron chi connectivity index (χ1n) is 6.32. The molecule has 0 unspecified atom stereocenters. The van der Waals surface area contributed by atoms with Crippen LogP contribution >= 0.6 is 0 Å². The number of nitrogens with one attached hydrogen (secondary N) is 1. The van der Waals surface area contributed by atoms with E-state index >= 15 is 0 Å². The Kier molecular flexibility index (Phi) is 4.11. The highest BCUT2D eigenvalue weighted by Crippen LogP contribution is 2.21. The summed E-state index contributed by atoms with van der Waals surface area (Å²) in [5.41, 5.74) is 0.713. The van der Waals surface area contributed by atoms with Crippen molar-refractivity contribution in [3.63, 3.8) is 0 Å². The largest absolute Gasteiger partial charge is 0.316 e. The van der Waals surface area contributed by atoms with Gasteiger partial charge in [0.15, 0.2) is 0 Å².